The molecule has 0 N–H and O–H groups in total. The maximum atomic E-state index is 12.4. The van der Waals surface area contributed by atoms with Crippen LogP contribution in [0.5, 0.6) is 0 Å². The van der Waals surface area contributed by atoms with Gasteiger partial charge < -0.3 is 0 Å². The minimum atomic E-state index is -0.00481. The van der Waals surface area contributed by atoms with Crippen LogP contribution in [-0.2, 0) is 0 Å². The lowest BCUT2D eigenvalue weighted by atomic mass is 9.84. The zero-order valence-electron chi connectivity index (χ0n) is 10.8. The van der Waals surface area contributed by atoms with E-state index in [1.165, 1.54) is 5.56 Å². The van der Waals surface area contributed by atoms with Crippen molar-refractivity contribution < 1.29 is 4.79 Å². The van der Waals surface area contributed by atoms with Gasteiger partial charge in [0.1, 0.15) is 0 Å². The molecule has 2 unspecified atom stereocenters. The van der Waals surface area contributed by atoms with Crippen LogP contribution in [0.15, 0.2) is 60.7 Å². The summed E-state index contributed by atoms with van der Waals surface area (Å²) in [5.74, 6) is 0.445. The largest absolute Gasteiger partial charge is 0.294 e. The third-order valence-corrected chi connectivity index (χ3v) is 3.55. The van der Waals surface area contributed by atoms with Crippen LogP contribution in [0.3, 0.4) is 0 Å². The van der Waals surface area contributed by atoms with E-state index in [2.05, 4.69) is 19.1 Å². The standard InChI is InChI=1S/C17H18O/c1-13(15-9-5-3-6-10-15)14(2)17(18)16-11-7-4-8-12-16/h3-14H,1-2H3. The van der Waals surface area contributed by atoms with Gasteiger partial charge >= 0.3 is 0 Å². The lowest BCUT2D eigenvalue weighted by Crippen LogP contribution is -2.17. The van der Waals surface area contributed by atoms with Gasteiger partial charge in [-0.25, -0.2) is 0 Å². The third kappa shape index (κ3) is 2.67. The summed E-state index contributed by atoms with van der Waals surface area (Å²) in [6, 6.07) is 19.7. The molecule has 0 aliphatic heterocycles. The molecular formula is C17H18O. The Balaban J connectivity index is 2.17. The molecule has 0 heterocycles. The number of carbonyl (C=O) groups excluding carboxylic acids is 1. The SMILES string of the molecule is CC(C(=O)c1ccccc1)C(C)c1ccccc1. The molecule has 0 radical (unpaired) electrons. The van der Waals surface area contributed by atoms with Crippen molar-refractivity contribution in [1.82, 2.24) is 0 Å². The number of carbonyl (C=O) groups is 1. The Labute approximate surface area is 108 Å². The molecule has 0 amide bonds. The van der Waals surface area contributed by atoms with Crippen LogP contribution >= 0.6 is 0 Å². The van der Waals surface area contributed by atoms with E-state index in [9.17, 15) is 4.79 Å². The minimum Gasteiger partial charge on any atom is -0.294 e. The van der Waals surface area contributed by atoms with Crippen molar-refractivity contribution in [1.29, 1.82) is 0 Å². The van der Waals surface area contributed by atoms with Crippen LogP contribution in [-0.4, -0.2) is 5.78 Å². The van der Waals surface area contributed by atoms with Crippen LogP contribution in [0, 0.1) is 5.92 Å². The van der Waals surface area contributed by atoms with E-state index < -0.39 is 0 Å². The molecule has 0 spiro atoms. The molecule has 0 bridgehead atoms. The molecule has 1 nitrogen and oxygen atoms in total. The molecular weight excluding hydrogens is 220 g/mol. The Morgan fingerprint density at radius 3 is 1.89 bits per heavy atom. The van der Waals surface area contributed by atoms with E-state index in [4.69, 9.17) is 0 Å². The zero-order valence-corrected chi connectivity index (χ0v) is 10.8. The smallest absolute Gasteiger partial charge is 0.166 e. The Kier molecular flexibility index (Phi) is 3.93. The highest BCUT2D eigenvalue weighted by molar-refractivity contribution is 5.98. The van der Waals surface area contributed by atoms with E-state index in [0.717, 1.165) is 5.56 Å². The van der Waals surface area contributed by atoms with Gasteiger partial charge in [-0.3, -0.25) is 4.79 Å². The Bertz CT molecular complexity index is 502. The number of benzene rings is 2. The van der Waals surface area contributed by atoms with Crippen molar-refractivity contribution >= 4 is 5.78 Å². The topological polar surface area (TPSA) is 17.1 Å². The average molecular weight is 238 g/mol. The Hall–Kier alpha value is -1.89. The van der Waals surface area contributed by atoms with Crippen molar-refractivity contribution in [2.45, 2.75) is 19.8 Å². The normalized spacial score (nSPS) is 13.9. The molecule has 1 heteroatoms. The van der Waals surface area contributed by atoms with Crippen LogP contribution in [0.25, 0.3) is 0 Å². The monoisotopic (exact) mass is 238 g/mol. The highest BCUT2D eigenvalue weighted by atomic mass is 16.1. The van der Waals surface area contributed by atoms with E-state index >= 15 is 0 Å². The summed E-state index contributed by atoms with van der Waals surface area (Å²) >= 11 is 0. The fraction of sp³-hybridized carbons (Fsp3) is 0.235. The van der Waals surface area contributed by atoms with Crippen LogP contribution < -0.4 is 0 Å². The van der Waals surface area contributed by atoms with Crippen molar-refractivity contribution in [3.05, 3.63) is 71.8 Å². The van der Waals surface area contributed by atoms with Gasteiger partial charge in [-0.1, -0.05) is 74.5 Å². The van der Waals surface area contributed by atoms with Gasteiger partial charge in [0.15, 0.2) is 5.78 Å². The summed E-state index contributed by atoms with van der Waals surface area (Å²) in [6.45, 7) is 4.12. The summed E-state index contributed by atoms with van der Waals surface area (Å²) in [4.78, 5) is 12.4. The van der Waals surface area contributed by atoms with E-state index in [1.807, 2.05) is 55.5 Å². The fourth-order valence-corrected chi connectivity index (χ4v) is 2.14. The molecule has 0 aromatic heterocycles. The van der Waals surface area contributed by atoms with Crippen LogP contribution in [0.4, 0.5) is 0 Å². The highest BCUT2D eigenvalue weighted by Crippen LogP contribution is 2.26. The minimum absolute atomic E-state index is 0.00481. The lowest BCUT2D eigenvalue weighted by molar-refractivity contribution is 0.0915. The molecule has 2 aromatic carbocycles. The summed E-state index contributed by atoms with van der Waals surface area (Å²) < 4.78 is 0. The van der Waals surface area contributed by atoms with Crippen molar-refractivity contribution in [2.24, 2.45) is 5.92 Å². The Morgan fingerprint density at radius 2 is 1.33 bits per heavy atom. The summed E-state index contributed by atoms with van der Waals surface area (Å²) in [5.41, 5.74) is 2.02. The first-order valence-electron chi connectivity index (χ1n) is 6.34. The van der Waals surface area contributed by atoms with E-state index in [0.29, 0.717) is 0 Å². The first-order valence-corrected chi connectivity index (χ1v) is 6.34. The van der Waals surface area contributed by atoms with Crippen molar-refractivity contribution in [2.75, 3.05) is 0 Å². The molecule has 0 saturated carbocycles. The second-order valence-electron chi connectivity index (χ2n) is 4.72. The van der Waals surface area contributed by atoms with Gasteiger partial charge in [0.25, 0.3) is 0 Å². The first-order chi connectivity index (χ1) is 8.70. The molecule has 2 atom stereocenters. The maximum Gasteiger partial charge on any atom is 0.166 e. The quantitative estimate of drug-likeness (QED) is 0.725. The van der Waals surface area contributed by atoms with Gasteiger partial charge in [0.05, 0.1) is 0 Å². The molecule has 2 rings (SSSR count). The van der Waals surface area contributed by atoms with Crippen molar-refractivity contribution in [3.8, 4) is 0 Å². The predicted molar refractivity (Wildman–Crippen MR) is 74.8 cm³/mol. The third-order valence-electron chi connectivity index (χ3n) is 3.55. The average Bonchev–Trinajstić information content (AvgIpc) is 2.47. The highest BCUT2D eigenvalue weighted by Gasteiger charge is 2.22. The summed E-state index contributed by atoms with van der Waals surface area (Å²) in [6.07, 6.45) is 0. The van der Waals surface area contributed by atoms with Crippen LogP contribution in [0.2, 0.25) is 0 Å². The van der Waals surface area contributed by atoms with Gasteiger partial charge in [-0.15, -0.1) is 0 Å². The van der Waals surface area contributed by atoms with Gasteiger partial charge in [-0.2, -0.15) is 0 Å². The number of ketones is 1. The summed E-state index contributed by atoms with van der Waals surface area (Å²) in [5, 5.41) is 0. The molecule has 2 aromatic rings. The van der Waals surface area contributed by atoms with E-state index in [1.54, 1.807) is 0 Å². The second-order valence-corrected chi connectivity index (χ2v) is 4.72. The second kappa shape index (κ2) is 5.63. The van der Waals surface area contributed by atoms with Crippen LogP contribution in [0.1, 0.15) is 35.7 Å². The molecule has 0 fully saturated rings. The number of hydrogen-bond donors (Lipinski definition) is 0. The maximum absolute atomic E-state index is 12.4. The number of rotatable bonds is 4. The number of hydrogen-bond acceptors (Lipinski definition) is 1. The van der Waals surface area contributed by atoms with Gasteiger partial charge in [-0.05, 0) is 11.5 Å². The molecule has 92 valence electrons. The molecule has 0 aliphatic carbocycles. The van der Waals surface area contributed by atoms with Crippen molar-refractivity contribution in [3.63, 3.8) is 0 Å². The predicted octanol–water partition coefficient (Wildman–Crippen LogP) is 4.31. The summed E-state index contributed by atoms with van der Waals surface area (Å²) in [7, 11) is 0. The first kappa shape index (κ1) is 12.6. The van der Waals surface area contributed by atoms with E-state index in [-0.39, 0.29) is 17.6 Å². The molecule has 0 aliphatic rings. The lowest BCUT2D eigenvalue weighted by Gasteiger charge is -2.19. The van der Waals surface area contributed by atoms with Gasteiger partial charge in [0, 0.05) is 11.5 Å². The Morgan fingerprint density at radius 1 is 0.833 bits per heavy atom. The molecule has 18 heavy (non-hydrogen) atoms. The number of Topliss-reactive ketones (excluding diaryl/α,β-unsaturated/α-hetero) is 1. The zero-order chi connectivity index (χ0) is 13.0. The van der Waals surface area contributed by atoms with Gasteiger partial charge in [0.2, 0.25) is 0 Å². The molecule has 0 saturated heterocycles. The fourth-order valence-electron chi connectivity index (χ4n) is 2.14.